The molecule has 5 heteroatoms. The van der Waals surface area contributed by atoms with E-state index in [1.807, 2.05) is 55.5 Å². The van der Waals surface area contributed by atoms with Crippen LogP contribution in [0.5, 0.6) is 0 Å². The quantitative estimate of drug-likeness (QED) is 0.673. The van der Waals surface area contributed by atoms with Gasteiger partial charge in [0.25, 0.3) is 0 Å². The Balaban J connectivity index is 2.01. The van der Waals surface area contributed by atoms with E-state index in [0.717, 1.165) is 27.9 Å². The summed E-state index contributed by atoms with van der Waals surface area (Å²) in [6.07, 6.45) is 0. The summed E-state index contributed by atoms with van der Waals surface area (Å²) in [5.74, 6) is 0.923. The fraction of sp³-hybridized carbons (Fsp3) is 0.100. The van der Waals surface area contributed by atoms with Gasteiger partial charge in [-0.2, -0.15) is 0 Å². The van der Waals surface area contributed by atoms with Crippen molar-refractivity contribution in [3.63, 3.8) is 0 Å². The molecule has 0 fully saturated rings. The molecular formula is C20H19N5. The highest BCUT2D eigenvalue weighted by molar-refractivity contribution is 5.97. The second-order valence-electron chi connectivity index (χ2n) is 6.28. The molecule has 1 aliphatic heterocycles. The van der Waals surface area contributed by atoms with Crippen LogP contribution in [-0.4, -0.2) is 10.9 Å². The molecule has 1 atom stereocenters. The third kappa shape index (κ3) is 2.75. The van der Waals surface area contributed by atoms with Gasteiger partial charge >= 0.3 is 0 Å². The Morgan fingerprint density at radius 1 is 0.920 bits per heavy atom. The summed E-state index contributed by atoms with van der Waals surface area (Å²) >= 11 is 0. The number of nitrogens with zero attached hydrogens (tertiary/aromatic N) is 2. The number of hydrogen-bond donors (Lipinski definition) is 3. The van der Waals surface area contributed by atoms with E-state index in [0.29, 0.717) is 5.82 Å². The molecule has 4 rings (SSSR count). The van der Waals surface area contributed by atoms with Crippen LogP contribution in [0, 0.1) is 0 Å². The number of fused-ring (bicyclic) bond motifs is 1. The first-order valence-electron chi connectivity index (χ1n) is 8.12. The molecule has 0 saturated heterocycles. The number of rotatable bonds is 2. The van der Waals surface area contributed by atoms with Crippen LogP contribution in [0.15, 0.2) is 71.7 Å². The average Bonchev–Trinajstić information content (AvgIpc) is 2.61. The topological polar surface area (TPSA) is 89.3 Å². The first-order chi connectivity index (χ1) is 12.0. The predicted molar refractivity (Wildman–Crippen MR) is 102 cm³/mol. The van der Waals surface area contributed by atoms with Crippen molar-refractivity contribution in [2.45, 2.75) is 12.6 Å². The molecule has 0 amide bonds. The summed E-state index contributed by atoms with van der Waals surface area (Å²) in [7, 11) is 0. The minimum absolute atomic E-state index is 0.272. The van der Waals surface area contributed by atoms with E-state index in [1.54, 1.807) is 0 Å². The Hall–Kier alpha value is -3.18. The molecule has 3 aromatic rings. The largest absolute Gasteiger partial charge is 0.370 e. The Morgan fingerprint density at radius 3 is 2.16 bits per heavy atom. The van der Waals surface area contributed by atoms with E-state index in [2.05, 4.69) is 28.5 Å². The van der Waals surface area contributed by atoms with Crippen molar-refractivity contribution >= 4 is 11.8 Å². The molecule has 0 spiro atoms. The highest BCUT2D eigenvalue weighted by Crippen LogP contribution is 2.40. The number of aromatic nitrogens is 1. The maximum Gasteiger partial charge on any atom is 0.196 e. The number of nitrogens with one attached hydrogen (secondary N) is 1. The molecular weight excluding hydrogens is 310 g/mol. The van der Waals surface area contributed by atoms with E-state index in [-0.39, 0.29) is 5.96 Å². The third-order valence-corrected chi connectivity index (χ3v) is 4.28. The molecule has 0 radical (unpaired) electrons. The summed E-state index contributed by atoms with van der Waals surface area (Å²) < 4.78 is 0. The van der Waals surface area contributed by atoms with E-state index < -0.39 is 5.66 Å². The highest BCUT2D eigenvalue weighted by atomic mass is 15.2. The summed E-state index contributed by atoms with van der Waals surface area (Å²) in [6.45, 7) is 1.84. The zero-order chi connectivity index (χ0) is 17.4. The zero-order valence-corrected chi connectivity index (χ0v) is 13.9. The predicted octanol–water partition coefficient (Wildman–Crippen LogP) is 3.29. The second-order valence-corrected chi connectivity index (χ2v) is 6.28. The first-order valence-corrected chi connectivity index (χ1v) is 8.12. The highest BCUT2D eigenvalue weighted by Gasteiger charge is 2.33. The number of benzene rings is 2. The van der Waals surface area contributed by atoms with Gasteiger partial charge in [-0.05, 0) is 24.1 Å². The molecule has 5 nitrogen and oxygen atoms in total. The van der Waals surface area contributed by atoms with E-state index in [9.17, 15) is 0 Å². The lowest BCUT2D eigenvalue weighted by atomic mass is 9.90. The molecule has 2 aromatic carbocycles. The van der Waals surface area contributed by atoms with Crippen molar-refractivity contribution < 1.29 is 0 Å². The Kier molecular flexibility index (Phi) is 3.51. The molecule has 2 heterocycles. The lowest BCUT2D eigenvalue weighted by Gasteiger charge is -2.31. The van der Waals surface area contributed by atoms with Gasteiger partial charge in [-0.15, -0.1) is 0 Å². The zero-order valence-electron chi connectivity index (χ0n) is 13.9. The van der Waals surface area contributed by atoms with E-state index in [4.69, 9.17) is 16.5 Å². The van der Waals surface area contributed by atoms with Crippen molar-refractivity contribution in [2.24, 2.45) is 16.5 Å². The van der Waals surface area contributed by atoms with Crippen LogP contribution in [0.25, 0.3) is 22.4 Å². The van der Waals surface area contributed by atoms with Gasteiger partial charge in [0, 0.05) is 11.1 Å². The van der Waals surface area contributed by atoms with E-state index >= 15 is 0 Å². The molecule has 0 bridgehead atoms. The number of anilines is 1. The summed E-state index contributed by atoms with van der Waals surface area (Å²) in [6, 6.07) is 22.2. The SMILES string of the molecule is CC1(N)N=C(N)Nc2nc(-c3ccccc3)cc(-c3ccccc3)c21. The molecule has 1 aliphatic rings. The van der Waals surface area contributed by atoms with Crippen molar-refractivity contribution in [3.8, 4) is 22.4 Å². The van der Waals surface area contributed by atoms with Gasteiger partial charge in [-0.1, -0.05) is 60.7 Å². The number of nitrogens with two attached hydrogens (primary N) is 2. The number of aliphatic imine (C=N–C) groups is 1. The molecule has 1 aromatic heterocycles. The summed E-state index contributed by atoms with van der Waals surface area (Å²) in [4.78, 5) is 9.13. The standard InChI is InChI=1S/C20H19N5/c1-20(22)17-15(13-8-4-2-5-9-13)12-16(14-10-6-3-7-11-14)23-18(17)24-19(21)25-20/h2-12H,22H2,1H3,(H3,21,23,24,25). The molecule has 124 valence electrons. The lowest BCUT2D eigenvalue weighted by molar-refractivity contribution is 0.520. The number of hydrogen-bond acceptors (Lipinski definition) is 5. The van der Waals surface area contributed by atoms with E-state index in [1.165, 1.54) is 0 Å². The minimum atomic E-state index is -0.946. The van der Waals surface area contributed by atoms with Crippen LogP contribution in [0.4, 0.5) is 5.82 Å². The first kappa shape index (κ1) is 15.4. The van der Waals surface area contributed by atoms with Crippen molar-refractivity contribution in [1.29, 1.82) is 0 Å². The van der Waals surface area contributed by atoms with Crippen LogP contribution in [0.3, 0.4) is 0 Å². The van der Waals surface area contributed by atoms with Gasteiger partial charge in [0.1, 0.15) is 11.5 Å². The number of pyridine rings is 1. The van der Waals surface area contributed by atoms with Gasteiger partial charge in [-0.3, -0.25) is 0 Å². The summed E-state index contributed by atoms with van der Waals surface area (Å²) in [5.41, 5.74) is 16.2. The maximum absolute atomic E-state index is 6.46. The Labute approximate surface area is 146 Å². The van der Waals surface area contributed by atoms with Crippen molar-refractivity contribution in [2.75, 3.05) is 5.32 Å². The van der Waals surface area contributed by atoms with Crippen LogP contribution >= 0.6 is 0 Å². The smallest absolute Gasteiger partial charge is 0.196 e. The Bertz CT molecular complexity index is 947. The van der Waals surface area contributed by atoms with Gasteiger partial charge in [-0.25, -0.2) is 9.98 Å². The molecule has 0 aliphatic carbocycles. The molecule has 1 unspecified atom stereocenters. The van der Waals surface area contributed by atoms with Crippen LogP contribution in [0.2, 0.25) is 0 Å². The maximum atomic E-state index is 6.46. The van der Waals surface area contributed by atoms with Crippen LogP contribution < -0.4 is 16.8 Å². The van der Waals surface area contributed by atoms with Crippen LogP contribution in [0.1, 0.15) is 12.5 Å². The van der Waals surface area contributed by atoms with Gasteiger partial charge in [0.05, 0.1) is 5.69 Å². The third-order valence-electron chi connectivity index (χ3n) is 4.28. The average molecular weight is 329 g/mol. The van der Waals surface area contributed by atoms with Crippen molar-refractivity contribution in [3.05, 3.63) is 72.3 Å². The summed E-state index contributed by atoms with van der Waals surface area (Å²) in [5, 5.41) is 3.07. The van der Waals surface area contributed by atoms with Crippen molar-refractivity contribution in [1.82, 2.24) is 4.98 Å². The fourth-order valence-corrected chi connectivity index (χ4v) is 3.21. The van der Waals surface area contributed by atoms with Gasteiger partial charge in [0.2, 0.25) is 0 Å². The van der Waals surface area contributed by atoms with Gasteiger partial charge < -0.3 is 16.8 Å². The molecule has 0 saturated carbocycles. The second kappa shape index (κ2) is 5.72. The Morgan fingerprint density at radius 2 is 1.52 bits per heavy atom. The monoisotopic (exact) mass is 329 g/mol. The van der Waals surface area contributed by atoms with Crippen LogP contribution in [-0.2, 0) is 5.66 Å². The molecule has 5 N–H and O–H groups in total. The normalized spacial score (nSPS) is 18.9. The van der Waals surface area contributed by atoms with Gasteiger partial charge in [0.15, 0.2) is 5.96 Å². The number of guanidine groups is 1. The fourth-order valence-electron chi connectivity index (χ4n) is 3.21. The molecule has 25 heavy (non-hydrogen) atoms. The minimum Gasteiger partial charge on any atom is -0.370 e. The lowest BCUT2D eigenvalue weighted by Crippen LogP contribution is -2.42.